The van der Waals surface area contributed by atoms with E-state index in [1.165, 1.54) is 11.3 Å². The average Bonchev–Trinajstić information content (AvgIpc) is 2.51. The van der Waals surface area contributed by atoms with E-state index < -0.39 is 6.04 Å². The van der Waals surface area contributed by atoms with E-state index in [-0.39, 0.29) is 5.91 Å². The van der Waals surface area contributed by atoms with Crippen LogP contribution in [0.2, 0.25) is 0 Å². The topological polar surface area (TPSA) is 68.0 Å². The molecule has 1 rings (SSSR count). The van der Waals surface area contributed by atoms with Gasteiger partial charge >= 0.3 is 0 Å². The van der Waals surface area contributed by atoms with Crippen molar-refractivity contribution in [3.05, 3.63) is 16.6 Å². The predicted molar refractivity (Wildman–Crippen MR) is 47.6 cm³/mol. The lowest BCUT2D eigenvalue weighted by Gasteiger charge is -2.04. The van der Waals surface area contributed by atoms with E-state index in [0.717, 1.165) is 5.01 Å². The fraction of sp³-hybridized carbons (Fsp3) is 0.429. The first kappa shape index (κ1) is 9.15. The zero-order chi connectivity index (χ0) is 8.97. The average molecular weight is 185 g/mol. The number of nitrogens with zero attached hydrogens (tertiary/aromatic N) is 1. The first-order chi connectivity index (χ1) is 5.70. The molecule has 0 unspecified atom stereocenters. The molecule has 1 atom stereocenters. The minimum Gasteiger partial charge on any atom is -0.348 e. The zero-order valence-corrected chi connectivity index (χ0v) is 7.60. The molecule has 0 aliphatic carbocycles. The number of carbonyl (C=O) groups excluding carboxylic acids is 1. The second kappa shape index (κ2) is 4.18. The van der Waals surface area contributed by atoms with Crippen LogP contribution in [0.25, 0.3) is 0 Å². The summed E-state index contributed by atoms with van der Waals surface area (Å²) in [6, 6.07) is -0.454. The van der Waals surface area contributed by atoms with Crippen LogP contribution in [0, 0.1) is 0 Å². The van der Waals surface area contributed by atoms with Crippen molar-refractivity contribution in [1.82, 2.24) is 10.3 Å². The fourth-order valence-corrected chi connectivity index (χ4v) is 1.22. The van der Waals surface area contributed by atoms with Gasteiger partial charge in [0.05, 0.1) is 12.6 Å². The highest BCUT2D eigenvalue weighted by Gasteiger charge is 2.06. The van der Waals surface area contributed by atoms with E-state index in [9.17, 15) is 4.79 Å². The first-order valence-corrected chi connectivity index (χ1v) is 4.50. The molecule has 1 amide bonds. The van der Waals surface area contributed by atoms with Crippen molar-refractivity contribution in [3.8, 4) is 0 Å². The normalized spacial score (nSPS) is 12.5. The number of nitrogens with two attached hydrogens (primary N) is 1. The molecule has 0 saturated heterocycles. The second-order valence-corrected chi connectivity index (χ2v) is 3.41. The van der Waals surface area contributed by atoms with Crippen molar-refractivity contribution in [2.45, 2.75) is 19.5 Å². The lowest BCUT2D eigenvalue weighted by Crippen LogP contribution is -2.37. The molecule has 4 nitrogen and oxygen atoms in total. The van der Waals surface area contributed by atoms with Gasteiger partial charge in [0.1, 0.15) is 5.01 Å². The van der Waals surface area contributed by atoms with E-state index >= 15 is 0 Å². The molecule has 0 saturated carbocycles. The van der Waals surface area contributed by atoms with Gasteiger partial charge in [0.15, 0.2) is 0 Å². The van der Waals surface area contributed by atoms with Gasteiger partial charge in [-0.15, -0.1) is 11.3 Å². The Morgan fingerprint density at radius 1 is 1.92 bits per heavy atom. The second-order valence-electron chi connectivity index (χ2n) is 2.43. The molecule has 66 valence electrons. The summed E-state index contributed by atoms with van der Waals surface area (Å²) < 4.78 is 0. The van der Waals surface area contributed by atoms with Gasteiger partial charge in [-0.05, 0) is 6.92 Å². The smallest absolute Gasteiger partial charge is 0.236 e. The number of rotatable bonds is 3. The number of amides is 1. The molecule has 0 spiro atoms. The van der Waals surface area contributed by atoms with Crippen LogP contribution < -0.4 is 11.1 Å². The minimum absolute atomic E-state index is 0.148. The molecule has 0 aliphatic heterocycles. The van der Waals surface area contributed by atoms with Crippen LogP contribution in [0.5, 0.6) is 0 Å². The number of nitrogens with one attached hydrogen (secondary N) is 1. The Morgan fingerprint density at radius 3 is 3.17 bits per heavy atom. The molecule has 0 aromatic carbocycles. The maximum absolute atomic E-state index is 11.0. The van der Waals surface area contributed by atoms with Crippen molar-refractivity contribution in [3.63, 3.8) is 0 Å². The van der Waals surface area contributed by atoms with Crippen molar-refractivity contribution in [1.29, 1.82) is 0 Å². The van der Waals surface area contributed by atoms with E-state index in [4.69, 9.17) is 5.73 Å². The number of hydrogen-bond donors (Lipinski definition) is 2. The largest absolute Gasteiger partial charge is 0.348 e. The molecular formula is C7H11N3OS. The van der Waals surface area contributed by atoms with Crippen LogP contribution in [0.3, 0.4) is 0 Å². The summed E-state index contributed by atoms with van der Waals surface area (Å²) in [5.41, 5.74) is 5.35. The summed E-state index contributed by atoms with van der Waals surface area (Å²) in [6.45, 7) is 2.12. The van der Waals surface area contributed by atoms with Gasteiger partial charge < -0.3 is 11.1 Å². The highest BCUT2D eigenvalue weighted by molar-refractivity contribution is 7.09. The number of carbonyl (C=O) groups is 1. The van der Waals surface area contributed by atoms with E-state index in [2.05, 4.69) is 10.3 Å². The quantitative estimate of drug-likeness (QED) is 0.702. The Kier molecular flexibility index (Phi) is 3.19. The molecule has 3 N–H and O–H groups in total. The van der Waals surface area contributed by atoms with Crippen molar-refractivity contribution in [2.75, 3.05) is 0 Å². The van der Waals surface area contributed by atoms with Gasteiger partial charge in [0, 0.05) is 11.6 Å². The first-order valence-electron chi connectivity index (χ1n) is 3.62. The number of thiazole rings is 1. The van der Waals surface area contributed by atoms with Crippen LogP contribution in [0.15, 0.2) is 11.6 Å². The van der Waals surface area contributed by atoms with Gasteiger partial charge in [-0.1, -0.05) is 0 Å². The van der Waals surface area contributed by atoms with Crippen LogP contribution in [-0.4, -0.2) is 16.9 Å². The third kappa shape index (κ3) is 2.60. The van der Waals surface area contributed by atoms with Crippen molar-refractivity contribution in [2.24, 2.45) is 5.73 Å². The van der Waals surface area contributed by atoms with Gasteiger partial charge in [-0.25, -0.2) is 4.98 Å². The number of hydrogen-bond acceptors (Lipinski definition) is 4. The van der Waals surface area contributed by atoms with Crippen LogP contribution in [0.1, 0.15) is 11.9 Å². The zero-order valence-electron chi connectivity index (χ0n) is 6.78. The third-order valence-electron chi connectivity index (χ3n) is 1.31. The standard InChI is InChI=1S/C7H11N3OS/c1-5(8)7(11)10-4-6-9-2-3-12-6/h2-3,5H,4,8H2,1H3,(H,10,11)/t5-/m1/s1. The summed E-state index contributed by atoms with van der Waals surface area (Å²) in [6.07, 6.45) is 1.71. The number of aromatic nitrogens is 1. The lowest BCUT2D eigenvalue weighted by atomic mass is 10.3. The highest BCUT2D eigenvalue weighted by atomic mass is 32.1. The van der Waals surface area contributed by atoms with Gasteiger partial charge in [0.25, 0.3) is 0 Å². The molecule has 0 fully saturated rings. The Balaban J connectivity index is 2.32. The molecule has 1 heterocycles. The maximum atomic E-state index is 11.0. The van der Waals surface area contributed by atoms with Crippen LogP contribution in [0.4, 0.5) is 0 Å². The molecule has 1 aromatic heterocycles. The molecule has 12 heavy (non-hydrogen) atoms. The predicted octanol–water partition coefficient (Wildman–Crippen LogP) is 0.107. The minimum atomic E-state index is -0.454. The summed E-state index contributed by atoms with van der Waals surface area (Å²) in [4.78, 5) is 15.0. The molecule has 5 heteroatoms. The maximum Gasteiger partial charge on any atom is 0.236 e. The molecule has 1 aromatic rings. The van der Waals surface area contributed by atoms with E-state index in [0.29, 0.717) is 6.54 Å². The SMILES string of the molecule is C[C@@H](N)C(=O)NCc1nccs1. The Hall–Kier alpha value is -0.940. The van der Waals surface area contributed by atoms with Crippen molar-refractivity contribution < 1.29 is 4.79 Å². The van der Waals surface area contributed by atoms with E-state index in [1.807, 2.05) is 5.38 Å². The molecule has 0 radical (unpaired) electrons. The molecule has 0 bridgehead atoms. The summed E-state index contributed by atoms with van der Waals surface area (Å²) in [7, 11) is 0. The monoisotopic (exact) mass is 185 g/mol. The Morgan fingerprint density at radius 2 is 2.67 bits per heavy atom. The fourth-order valence-electron chi connectivity index (χ4n) is 0.664. The summed E-state index contributed by atoms with van der Waals surface area (Å²) >= 11 is 1.51. The Bertz CT molecular complexity index is 245. The molecular weight excluding hydrogens is 174 g/mol. The van der Waals surface area contributed by atoms with Gasteiger partial charge in [-0.3, -0.25) is 4.79 Å². The van der Waals surface area contributed by atoms with Gasteiger partial charge in [0.2, 0.25) is 5.91 Å². The van der Waals surface area contributed by atoms with Gasteiger partial charge in [-0.2, -0.15) is 0 Å². The summed E-state index contributed by atoms with van der Waals surface area (Å²) in [5, 5.41) is 5.43. The lowest BCUT2D eigenvalue weighted by molar-refractivity contribution is -0.122. The van der Waals surface area contributed by atoms with Crippen LogP contribution >= 0.6 is 11.3 Å². The van der Waals surface area contributed by atoms with Crippen LogP contribution in [-0.2, 0) is 11.3 Å². The third-order valence-corrected chi connectivity index (χ3v) is 2.09. The van der Waals surface area contributed by atoms with E-state index in [1.54, 1.807) is 13.1 Å². The summed E-state index contributed by atoms with van der Waals surface area (Å²) in [5.74, 6) is -0.148. The van der Waals surface area contributed by atoms with Crippen molar-refractivity contribution >= 4 is 17.2 Å². The highest BCUT2D eigenvalue weighted by Crippen LogP contribution is 2.02. The molecule has 0 aliphatic rings. The Labute approximate surface area is 74.8 Å².